The zero-order chi connectivity index (χ0) is 15.8. The molecule has 0 saturated carbocycles. The van der Waals surface area contributed by atoms with Crippen LogP contribution in [-0.4, -0.2) is 26.4 Å². The minimum Gasteiger partial charge on any atom is -0.493 e. The number of methoxy groups -OCH3 is 2. The van der Waals surface area contributed by atoms with Crippen molar-refractivity contribution in [3.8, 4) is 11.5 Å². The van der Waals surface area contributed by atoms with Crippen molar-refractivity contribution in [1.82, 2.24) is 0 Å². The number of benzene rings is 1. The van der Waals surface area contributed by atoms with E-state index in [1.807, 2.05) is 17.5 Å². The van der Waals surface area contributed by atoms with Gasteiger partial charge in [-0.25, -0.2) is 4.79 Å². The van der Waals surface area contributed by atoms with Crippen LogP contribution in [0.3, 0.4) is 0 Å². The maximum absolute atomic E-state index is 11.5. The highest BCUT2D eigenvalue weighted by molar-refractivity contribution is 7.11. The Morgan fingerprint density at radius 3 is 2.68 bits per heavy atom. The fraction of sp³-hybridized carbons (Fsp3) is 0.125. The SMILES string of the molecule is COc1ccc(/C=C/C(=O)O/N=C/c2cccs2)cc1OC. The van der Waals surface area contributed by atoms with Crippen LogP contribution in [0.4, 0.5) is 0 Å². The van der Waals surface area contributed by atoms with Crippen LogP contribution >= 0.6 is 11.3 Å². The zero-order valence-corrected chi connectivity index (χ0v) is 13.0. The molecule has 0 atom stereocenters. The Bertz CT molecular complexity index is 677. The molecule has 0 fully saturated rings. The third kappa shape index (κ3) is 4.46. The Hall–Kier alpha value is -2.60. The largest absolute Gasteiger partial charge is 0.493 e. The lowest BCUT2D eigenvalue weighted by atomic mass is 10.2. The maximum atomic E-state index is 11.5. The summed E-state index contributed by atoms with van der Waals surface area (Å²) in [5.74, 6) is 0.666. The Morgan fingerprint density at radius 1 is 1.18 bits per heavy atom. The molecule has 0 bridgehead atoms. The number of nitrogens with zero attached hydrogens (tertiary/aromatic N) is 1. The first-order valence-electron chi connectivity index (χ1n) is 6.41. The molecule has 0 spiro atoms. The van der Waals surface area contributed by atoms with Crippen LogP contribution in [0, 0.1) is 0 Å². The Labute approximate surface area is 132 Å². The van der Waals surface area contributed by atoms with Crippen LogP contribution in [-0.2, 0) is 9.63 Å². The van der Waals surface area contributed by atoms with Crippen molar-refractivity contribution in [2.45, 2.75) is 0 Å². The van der Waals surface area contributed by atoms with Gasteiger partial charge in [0.1, 0.15) is 0 Å². The van der Waals surface area contributed by atoms with Gasteiger partial charge in [-0.3, -0.25) is 0 Å². The molecule has 1 aromatic carbocycles. The van der Waals surface area contributed by atoms with E-state index in [9.17, 15) is 4.79 Å². The predicted molar refractivity (Wildman–Crippen MR) is 86.6 cm³/mol. The molecule has 114 valence electrons. The van der Waals surface area contributed by atoms with Crippen molar-refractivity contribution in [2.75, 3.05) is 14.2 Å². The minimum atomic E-state index is -0.553. The molecule has 6 heteroatoms. The summed E-state index contributed by atoms with van der Waals surface area (Å²) in [5, 5.41) is 5.54. The molecule has 0 amide bonds. The molecule has 1 aromatic heterocycles. The zero-order valence-electron chi connectivity index (χ0n) is 12.2. The number of carbonyl (C=O) groups is 1. The summed E-state index contributed by atoms with van der Waals surface area (Å²) in [6.07, 6.45) is 4.41. The molecular formula is C16H15NO4S. The third-order valence-electron chi connectivity index (χ3n) is 2.69. The molecule has 0 aliphatic rings. The van der Waals surface area contributed by atoms with Gasteiger partial charge in [0, 0.05) is 11.0 Å². The lowest BCUT2D eigenvalue weighted by molar-refractivity contribution is -0.137. The second kappa shape index (κ2) is 7.99. The Balaban J connectivity index is 1.94. The summed E-state index contributed by atoms with van der Waals surface area (Å²) in [4.78, 5) is 17.2. The number of rotatable bonds is 6. The van der Waals surface area contributed by atoms with Crippen molar-refractivity contribution in [3.05, 3.63) is 52.2 Å². The van der Waals surface area contributed by atoms with Gasteiger partial charge in [0.2, 0.25) is 0 Å². The molecule has 1 heterocycles. The van der Waals surface area contributed by atoms with E-state index in [0.717, 1.165) is 10.4 Å². The number of hydrogen-bond donors (Lipinski definition) is 0. The Kier molecular flexibility index (Phi) is 5.73. The van der Waals surface area contributed by atoms with Crippen LogP contribution in [0.2, 0.25) is 0 Å². The summed E-state index contributed by atoms with van der Waals surface area (Å²) in [5.41, 5.74) is 0.789. The molecule has 2 aromatic rings. The van der Waals surface area contributed by atoms with Gasteiger partial charge in [-0.15, -0.1) is 11.3 Å². The molecule has 0 saturated heterocycles. The lowest BCUT2D eigenvalue weighted by Crippen LogP contribution is -1.94. The first kappa shape index (κ1) is 15.8. The van der Waals surface area contributed by atoms with E-state index in [1.165, 1.54) is 23.6 Å². The standard InChI is InChI=1S/C16H15NO4S/c1-19-14-7-5-12(10-15(14)20-2)6-8-16(18)21-17-11-13-4-3-9-22-13/h3-11H,1-2H3/b8-6+,17-11+. The van der Waals surface area contributed by atoms with Crippen LogP contribution in [0.15, 0.2) is 46.9 Å². The topological polar surface area (TPSA) is 57.1 Å². The van der Waals surface area contributed by atoms with Crippen molar-refractivity contribution in [2.24, 2.45) is 5.16 Å². The molecule has 0 aliphatic heterocycles. The van der Waals surface area contributed by atoms with E-state index in [1.54, 1.807) is 38.5 Å². The molecule has 0 aliphatic carbocycles. The molecule has 22 heavy (non-hydrogen) atoms. The number of hydrogen-bond acceptors (Lipinski definition) is 6. The smallest absolute Gasteiger partial charge is 0.358 e. The van der Waals surface area contributed by atoms with Gasteiger partial charge in [-0.1, -0.05) is 17.3 Å². The fourth-order valence-corrected chi connectivity index (χ4v) is 2.22. The van der Waals surface area contributed by atoms with Gasteiger partial charge in [0.05, 0.1) is 20.4 Å². The van der Waals surface area contributed by atoms with E-state index in [4.69, 9.17) is 14.3 Å². The molecule has 5 nitrogen and oxygen atoms in total. The second-order valence-electron chi connectivity index (χ2n) is 4.11. The van der Waals surface area contributed by atoms with Gasteiger partial charge in [0.15, 0.2) is 11.5 Å². The first-order chi connectivity index (χ1) is 10.7. The highest BCUT2D eigenvalue weighted by Gasteiger charge is 2.03. The van der Waals surface area contributed by atoms with E-state index in [2.05, 4.69) is 5.16 Å². The highest BCUT2D eigenvalue weighted by atomic mass is 32.1. The van der Waals surface area contributed by atoms with E-state index in [0.29, 0.717) is 11.5 Å². The van der Waals surface area contributed by atoms with Crippen LogP contribution in [0.1, 0.15) is 10.4 Å². The minimum absolute atomic E-state index is 0.553. The van der Waals surface area contributed by atoms with Gasteiger partial charge in [-0.05, 0) is 35.2 Å². The summed E-state index contributed by atoms with van der Waals surface area (Å²) in [7, 11) is 3.12. The number of ether oxygens (including phenoxy) is 2. The van der Waals surface area contributed by atoms with E-state index in [-0.39, 0.29) is 0 Å². The molecule has 0 radical (unpaired) electrons. The highest BCUT2D eigenvalue weighted by Crippen LogP contribution is 2.27. The molecular weight excluding hydrogens is 302 g/mol. The number of carbonyl (C=O) groups excluding carboxylic acids is 1. The van der Waals surface area contributed by atoms with Gasteiger partial charge in [0.25, 0.3) is 0 Å². The average Bonchev–Trinajstić information content (AvgIpc) is 3.06. The van der Waals surface area contributed by atoms with Crippen molar-refractivity contribution >= 4 is 29.6 Å². The maximum Gasteiger partial charge on any atom is 0.358 e. The summed E-state index contributed by atoms with van der Waals surface area (Å²) in [6, 6.07) is 9.10. The van der Waals surface area contributed by atoms with Crippen LogP contribution in [0.5, 0.6) is 11.5 Å². The van der Waals surface area contributed by atoms with Gasteiger partial charge < -0.3 is 14.3 Å². The first-order valence-corrected chi connectivity index (χ1v) is 7.29. The van der Waals surface area contributed by atoms with E-state index < -0.39 is 5.97 Å². The number of oxime groups is 1. The van der Waals surface area contributed by atoms with Crippen molar-refractivity contribution in [1.29, 1.82) is 0 Å². The average molecular weight is 317 g/mol. The predicted octanol–water partition coefficient (Wildman–Crippen LogP) is 3.36. The molecule has 0 N–H and O–H groups in total. The number of thiophene rings is 1. The van der Waals surface area contributed by atoms with Crippen molar-refractivity contribution in [3.63, 3.8) is 0 Å². The van der Waals surface area contributed by atoms with E-state index >= 15 is 0 Å². The summed E-state index contributed by atoms with van der Waals surface area (Å²) >= 11 is 1.51. The summed E-state index contributed by atoms with van der Waals surface area (Å²) in [6.45, 7) is 0. The van der Waals surface area contributed by atoms with Crippen molar-refractivity contribution < 1.29 is 19.1 Å². The fourth-order valence-electron chi connectivity index (χ4n) is 1.65. The third-order valence-corrected chi connectivity index (χ3v) is 3.49. The quantitative estimate of drug-likeness (QED) is 0.355. The van der Waals surface area contributed by atoms with Gasteiger partial charge in [-0.2, -0.15) is 0 Å². The molecule has 2 rings (SSSR count). The van der Waals surface area contributed by atoms with Crippen LogP contribution in [0.25, 0.3) is 6.08 Å². The Morgan fingerprint density at radius 2 is 2.00 bits per heavy atom. The van der Waals surface area contributed by atoms with Gasteiger partial charge >= 0.3 is 5.97 Å². The van der Waals surface area contributed by atoms with Crippen LogP contribution < -0.4 is 9.47 Å². The lowest BCUT2D eigenvalue weighted by Gasteiger charge is -2.07. The second-order valence-corrected chi connectivity index (χ2v) is 5.09. The monoisotopic (exact) mass is 317 g/mol. The molecule has 0 unspecified atom stereocenters. The normalized spacial score (nSPS) is 11.0. The summed E-state index contributed by atoms with van der Waals surface area (Å²) < 4.78 is 10.3.